The predicted molar refractivity (Wildman–Crippen MR) is 85.5 cm³/mol. The molecule has 2 aliphatic heterocycles. The van der Waals surface area contributed by atoms with Gasteiger partial charge >= 0.3 is 0 Å². The topological polar surface area (TPSA) is 49.4 Å². The van der Waals surface area contributed by atoms with E-state index in [-0.39, 0.29) is 17.4 Å². The molecule has 21 heavy (non-hydrogen) atoms. The second-order valence-corrected chi connectivity index (χ2v) is 7.67. The fourth-order valence-electron chi connectivity index (χ4n) is 3.13. The molecule has 6 heteroatoms. The first-order valence-corrected chi connectivity index (χ1v) is 8.46. The number of hydrogen-bond donors (Lipinski definition) is 1. The molecule has 4 nitrogen and oxygen atoms in total. The molecule has 0 atom stereocenters. The lowest BCUT2D eigenvalue weighted by Crippen LogP contribution is -2.68. The Balaban J connectivity index is 1.55. The molecular weight excluding hydrogens is 352 g/mol. The van der Waals surface area contributed by atoms with Gasteiger partial charge in [-0.05, 0) is 39.9 Å². The minimum atomic E-state index is -0.149. The zero-order valence-electron chi connectivity index (χ0n) is 11.2. The van der Waals surface area contributed by atoms with Crippen molar-refractivity contribution in [1.82, 2.24) is 10.2 Å². The fourth-order valence-corrected chi connectivity index (χ4v) is 4.78. The molecule has 0 unspecified atom stereocenters. The van der Waals surface area contributed by atoms with E-state index >= 15 is 0 Å². The van der Waals surface area contributed by atoms with E-state index in [1.807, 2.05) is 29.2 Å². The highest BCUT2D eigenvalue weighted by atomic mass is 79.9. The summed E-state index contributed by atoms with van der Waals surface area (Å²) >= 11 is 5.04. The molecule has 2 amide bonds. The van der Waals surface area contributed by atoms with E-state index in [9.17, 15) is 9.59 Å². The zero-order chi connectivity index (χ0) is 14.6. The van der Waals surface area contributed by atoms with Crippen LogP contribution in [0.3, 0.4) is 0 Å². The summed E-state index contributed by atoms with van der Waals surface area (Å²) in [6.07, 6.45) is 1.42. The largest absolute Gasteiger partial charge is 0.347 e. The summed E-state index contributed by atoms with van der Waals surface area (Å²) in [7, 11) is 0. The van der Waals surface area contributed by atoms with Crippen LogP contribution in [0.1, 0.15) is 22.5 Å². The van der Waals surface area contributed by atoms with Crippen molar-refractivity contribution in [1.29, 1.82) is 0 Å². The second kappa shape index (κ2) is 4.55. The third-order valence-corrected chi connectivity index (χ3v) is 6.31. The quantitative estimate of drug-likeness (QED) is 0.845. The number of rotatable bonds is 1. The number of hydrogen-bond acceptors (Lipinski definition) is 3. The third-order valence-electron chi connectivity index (χ3n) is 4.22. The van der Waals surface area contributed by atoms with Crippen LogP contribution in [0.5, 0.6) is 0 Å². The smallest absolute Gasteiger partial charge is 0.264 e. The summed E-state index contributed by atoms with van der Waals surface area (Å²) in [5.74, 6) is 0.169. The van der Waals surface area contributed by atoms with Gasteiger partial charge in [-0.25, -0.2) is 0 Å². The Morgan fingerprint density at radius 1 is 1.38 bits per heavy atom. The molecule has 2 fully saturated rings. The van der Waals surface area contributed by atoms with Gasteiger partial charge in [0.05, 0.1) is 10.4 Å². The van der Waals surface area contributed by atoms with Gasteiger partial charge in [0.2, 0.25) is 5.91 Å². The van der Waals surface area contributed by atoms with Gasteiger partial charge in [-0.1, -0.05) is 12.1 Å². The van der Waals surface area contributed by atoms with Crippen molar-refractivity contribution in [3.05, 3.63) is 33.6 Å². The summed E-state index contributed by atoms with van der Waals surface area (Å²) in [5, 5.41) is 4.09. The zero-order valence-corrected chi connectivity index (χ0v) is 13.6. The van der Waals surface area contributed by atoms with Gasteiger partial charge in [-0.15, -0.1) is 11.3 Å². The first-order valence-electron chi connectivity index (χ1n) is 6.85. The van der Waals surface area contributed by atoms with E-state index in [2.05, 4.69) is 21.2 Å². The van der Waals surface area contributed by atoms with Crippen molar-refractivity contribution in [3.63, 3.8) is 0 Å². The molecule has 108 valence electrons. The highest BCUT2D eigenvalue weighted by Gasteiger charge is 2.49. The number of thiophene rings is 1. The molecule has 2 aromatic rings. The van der Waals surface area contributed by atoms with Gasteiger partial charge in [-0.3, -0.25) is 9.59 Å². The molecular formula is C15H13BrN2O2S. The predicted octanol–water partition coefficient (Wildman–Crippen LogP) is 2.77. The van der Waals surface area contributed by atoms with Crippen LogP contribution >= 0.6 is 27.3 Å². The van der Waals surface area contributed by atoms with Crippen LogP contribution in [-0.4, -0.2) is 35.3 Å². The SMILES string of the molecule is O=C1CCC2(CN(C(=O)c3cc4cccc(Br)c4s3)C2)N1. The van der Waals surface area contributed by atoms with Gasteiger partial charge in [0, 0.05) is 28.7 Å². The fraction of sp³-hybridized carbons (Fsp3) is 0.333. The second-order valence-electron chi connectivity index (χ2n) is 5.76. The first-order chi connectivity index (χ1) is 10.1. The number of nitrogens with one attached hydrogen (secondary N) is 1. The summed E-state index contributed by atoms with van der Waals surface area (Å²) in [5.41, 5.74) is -0.149. The van der Waals surface area contributed by atoms with Crippen LogP contribution in [0.15, 0.2) is 28.7 Å². The number of fused-ring (bicyclic) bond motifs is 1. The summed E-state index contributed by atoms with van der Waals surface area (Å²) < 4.78 is 2.12. The molecule has 2 aliphatic rings. The lowest BCUT2D eigenvalue weighted by atomic mass is 9.88. The van der Waals surface area contributed by atoms with Crippen molar-refractivity contribution in [2.75, 3.05) is 13.1 Å². The van der Waals surface area contributed by atoms with Gasteiger partial charge in [0.15, 0.2) is 0 Å². The van der Waals surface area contributed by atoms with Gasteiger partial charge < -0.3 is 10.2 Å². The summed E-state index contributed by atoms with van der Waals surface area (Å²) in [6, 6.07) is 7.92. The monoisotopic (exact) mass is 364 g/mol. The molecule has 2 saturated heterocycles. The molecule has 0 bridgehead atoms. The van der Waals surface area contributed by atoms with Crippen molar-refractivity contribution in [2.24, 2.45) is 0 Å². The average molecular weight is 365 g/mol. The molecule has 1 aromatic heterocycles. The van der Waals surface area contributed by atoms with Gasteiger partial charge in [-0.2, -0.15) is 0 Å². The molecule has 3 heterocycles. The highest BCUT2D eigenvalue weighted by molar-refractivity contribution is 9.10. The molecule has 1 N–H and O–H groups in total. The van der Waals surface area contributed by atoms with Crippen molar-refractivity contribution >= 4 is 49.2 Å². The number of amides is 2. The summed E-state index contributed by atoms with van der Waals surface area (Å²) in [4.78, 5) is 26.5. The number of carbonyl (C=O) groups excluding carboxylic acids is 2. The summed E-state index contributed by atoms with van der Waals surface area (Å²) in [6.45, 7) is 1.26. The van der Waals surface area contributed by atoms with Crippen LogP contribution in [0.25, 0.3) is 10.1 Å². The number of halogens is 1. The normalized spacial score (nSPS) is 19.9. The van der Waals surface area contributed by atoms with E-state index in [4.69, 9.17) is 0 Å². The number of likely N-dealkylation sites (tertiary alicyclic amines) is 1. The van der Waals surface area contributed by atoms with Crippen LogP contribution in [0.2, 0.25) is 0 Å². The van der Waals surface area contributed by atoms with E-state index in [0.29, 0.717) is 19.5 Å². The Bertz CT molecular complexity index is 764. The van der Waals surface area contributed by atoms with Crippen LogP contribution < -0.4 is 5.32 Å². The molecule has 1 aromatic carbocycles. The van der Waals surface area contributed by atoms with Crippen LogP contribution in [0.4, 0.5) is 0 Å². The maximum atomic E-state index is 12.5. The Hall–Kier alpha value is -1.40. The maximum absolute atomic E-state index is 12.5. The Kier molecular flexibility index (Phi) is 2.87. The van der Waals surface area contributed by atoms with Crippen LogP contribution in [0, 0.1) is 0 Å². The maximum Gasteiger partial charge on any atom is 0.264 e. The minimum absolute atomic E-state index is 0.0647. The molecule has 1 spiro atoms. The Morgan fingerprint density at radius 2 is 2.19 bits per heavy atom. The van der Waals surface area contributed by atoms with Crippen molar-refractivity contribution in [2.45, 2.75) is 18.4 Å². The molecule has 4 rings (SSSR count). The van der Waals surface area contributed by atoms with Crippen molar-refractivity contribution in [3.8, 4) is 0 Å². The molecule has 0 radical (unpaired) electrons. The standard InChI is InChI=1S/C15H13BrN2O2S/c16-10-3-1-2-9-6-11(21-13(9)10)14(20)18-7-15(8-18)5-4-12(19)17-15/h1-3,6H,4-5,7-8H2,(H,17,19). The van der Waals surface area contributed by atoms with Crippen LogP contribution in [-0.2, 0) is 4.79 Å². The molecule has 0 saturated carbocycles. The Labute approximate surface area is 134 Å². The molecule has 0 aliphatic carbocycles. The van der Waals surface area contributed by atoms with E-state index in [0.717, 1.165) is 25.9 Å². The van der Waals surface area contributed by atoms with Gasteiger partial charge in [0.25, 0.3) is 5.91 Å². The minimum Gasteiger partial charge on any atom is -0.347 e. The average Bonchev–Trinajstić information content (AvgIpc) is 3.01. The Morgan fingerprint density at radius 3 is 2.86 bits per heavy atom. The lowest BCUT2D eigenvalue weighted by Gasteiger charge is -2.47. The van der Waals surface area contributed by atoms with Gasteiger partial charge in [0.1, 0.15) is 0 Å². The lowest BCUT2D eigenvalue weighted by molar-refractivity contribution is -0.120. The van der Waals surface area contributed by atoms with E-state index in [1.165, 1.54) is 11.3 Å². The van der Waals surface area contributed by atoms with Crippen molar-refractivity contribution < 1.29 is 9.59 Å². The highest BCUT2D eigenvalue weighted by Crippen LogP contribution is 2.35. The number of nitrogens with zero attached hydrogens (tertiary/aromatic N) is 1. The number of benzene rings is 1. The number of carbonyl (C=O) groups is 2. The first kappa shape index (κ1) is 13.3. The van der Waals surface area contributed by atoms with E-state index < -0.39 is 0 Å². The van der Waals surface area contributed by atoms with E-state index in [1.54, 1.807) is 0 Å². The third kappa shape index (κ3) is 2.08.